The van der Waals surface area contributed by atoms with Crippen LogP contribution < -0.4 is 0 Å². The molecule has 0 amide bonds. The van der Waals surface area contributed by atoms with Crippen LogP contribution in [0.3, 0.4) is 0 Å². The third-order valence-corrected chi connectivity index (χ3v) is 8.56. The van der Waals surface area contributed by atoms with Gasteiger partial charge in [-0.05, 0) is 63.0 Å². The average Bonchev–Trinajstić information content (AvgIpc) is 3.28. The minimum absolute atomic E-state index is 0.553. The van der Waals surface area contributed by atoms with Gasteiger partial charge in [-0.15, -0.1) is 0 Å². The monoisotopic (exact) mass is 587 g/mol. The molecule has 6 aromatic carbocycles. The van der Waals surface area contributed by atoms with Crippen molar-refractivity contribution in [3.8, 4) is 45.7 Å². The van der Waals surface area contributed by atoms with Crippen molar-refractivity contribution in [2.75, 3.05) is 0 Å². The van der Waals surface area contributed by atoms with Gasteiger partial charge in [0.15, 0.2) is 17.5 Å². The summed E-state index contributed by atoms with van der Waals surface area (Å²) in [4.78, 5) is 14.9. The van der Waals surface area contributed by atoms with Crippen molar-refractivity contribution < 1.29 is 4.42 Å². The van der Waals surface area contributed by atoms with E-state index in [1.807, 2.05) is 60.7 Å². The Bertz CT molecular complexity index is 2620. The summed E-state index contributed by atoms with van der Waals surface area (Å²) >= 11 is 0. The minimum atomic E-state index is 0.553. The number of furan rings is 1. The first-order valence-corrected chi connectivity index (χ1v) is 15.3. The third-order valence-electron chi connectivity index (χ3n) is 8.56. The van der Waals surface area contributed by atoms with Gasteiger partial charge in [0.1, 0.15) is 11.2 Å². The maximum atomic E-state index is 6.39. The smallest absolute Gasteiger partial charge is 0.172 e. The van der Waals surface area contributed by atoms with Gasteiger partial charge in [-0.25, -0.2) is 15.0 Å². The van der Waals surface area contributed by atoms with E-state index in [9.17, 15) is 0 Å². The summed E-state index contributed by atoms with van der Waals surface area (Å²) in [5.74, 6) is 8.16. The second kappa shape index (κ2) is 10.7. The molecule has 4 heteroatoms. The van der Waals surface area contributed by atoms with Gasteiger partial charge >= 0.3 is 0 Å². The van der Waals surface area contributed by atoms with Gasteiger partial charge in [-0.1, -0.05) is 121 Å². The Morgan fingerprint density at radius 3 is 2.28 bits per heavy atom. The summed E-state index contributed by atoms with van der Waals surface area (Å²) in [5, 5.41) is 6.97. The van der Waals surface area contributed by atoms with E-state index >= 15 is 0 Å². The predicted molar refractivity (Wildman–Crippen MR) is 188 cm³/mol. The average molecular weight is 588 g/mol. The van der Waals surface area contributed by atoms with Crippen LogP contribution >= 0.6 is 0 Å². The van der Waals surface area contributed by atoms with E-state index in [-0.39, 0.29) is 0 Å². The molecule has 9 rings (SSSR count). The molecule has 0 fully saturated rings. The molecule has 46 heavy (non-hydrogen) atoms. The first-order chi connectivity index (χ1) is 22.8. The van der Waals surface area contributed by atoms with Crippen molar-refractivity contribution in [1.82, 2.24) is 15.0 Å². The molecular weight excluding hydrogens is 562 g/mol. The molecule has 0 radical (unpaired) electrons. The Morgan fingerprint density at radius 1 is 0.543 bits per heavy atom. The summed E-state index contributed by atoms with van der Waals surface area (Å²) in [6.45, 7) is 0. The van der Waals surface area contributed by atoms with Gasteiger partial charge in [0, 0.05) is 28.3 Å². The Hall–Kier alpha value is -6.31. The van der Waals surface area contributed by atoms with Crippen LogP contribution in [0.4, 0.5) is 0 Å². The van der Waals surface area contributed by atoms with Gasteiger partial charge in [0.05, 0.1) is 5.57 Å². The van der Waals surface area contributed by atoms with Gasteiger partial charge in [0.25, 0.3) is 0 Å². The first kappa shape index (κ1) is 26.1. The van der Waals surface area contributed by atoms with Gasteiger partial charge in [-0.3, -0.25) is 0 Å². The standard InChI is InChI=1S/C42H25N3O/c1-2-5-13-28(12-4-1)40-43-41(29-14-6-3-7-15-29)45-42(44-40)35-17-10-18-38-39(35)36-26-31(22-24-37(36)46-38)30-21-23-34-32(25-30)20-19-27-11-8-9-16-33(27)34/h1,3-4,6-12,14-26H,2H2. The summed E-state index contributed by atoms with van der Waals surface area (Å²) in [6, 6.07) is 42.1. The summed E-state index contributed by atoms with van der Waals surface area (Å²) in [7, 11) is 0. The normalized spacial score (nSPS) is 12.7. The number of hydrogen-bond donors (Lipinski definition) is 0. The van der Waals surface area contributed by atoms with Crippen molar-refractivity contribution in [1.29, 1.82) is 0 Å². The molecule has 0 N–H and O–H groups in total. The number of hydrogen-bond acceptors (Lipinski definition) is 4. The maximum Gasteiger partial charge on any atom is 0.172 e. The predicted octanol–water partition coefficient (Wildman–Crippen LogP) is 10.4. The molecule has 0 atom stereocenters. The molecule has 4 nitrogen and oxygen atoms in total. The van der Waals surface area contributed by atoms with Gasteiger partial charge in [0.2, 0.25) is 0 Å². The van der Waals surface area contributed by atoms with E-state index < -0.39 is 0 Å². The highest BCUT2D eigenvalue weighted by molar-refractivity contribution is 6.13. The lowest BCUT2D eigenvalue weighted by molar-refractivity contribution is 0.669. The maximum absolute atomic E-state index is 6.39. The van der Waals surface area contributed by atoms with Crippen LogP contribution in [0.1, 0.15) is 12.2 Å². The second-order valence-electron chi connectivity index (χ2n) is 11.4. The SMILES string of the molecule is C1#CC(c2nc(-c3ccccc3)nc(-c3cccc4oc5ccc(-c6ccc7c(ccc8ccccc87)c6)cc5c34)n2)=CC=CC1. The van der Waals surface area contributed by atoms with E-state index in [2.05, 4.69) is 90.7 Å². The molecule has 0 spiro atoms. The van der Waals surface area contributed by atoms with Crippen molar-refractivity contribution in [2.45, 2.75) is 6.42 Å². The summed E-state index contributed by atoms with van der Waals surface area (Å²) < 4.78 is 6.39. The summed E-state index contributed by atoms with van der Waals surface area (Å²) in [6.07, 6.45) is 6.70. The Balaban J connectivity index is 1.23. The van der Waals surface area contributed by atoms with E-state index in [4.69, 9.17) is 19.4 Å². The second-order valence-corrected chi connectivity index (χ2v) is 11.4. The molecule has 0 saturated heterocycles. The highest BCUT2D eigenvalue weighted by atomic mass is 16.3. The van der Waals surface area contributed by atoms with E-state index in [1.165, 1.54) is 21.5 Å². The molecule has 2 aromatic heterocycles. The summed E-state index contributed by atoms with van der Waals surface area (Å²) in [5.41, 5.74) is 6.44. The van der Waals surface area contributed by atoms with Crippen molar-refractivity contribution >= 4 is 49.1 Å². The van der Waals surface area contributed by atoms with Crippen LogP contribution in [0.15, 0.2) is 144 Å². The van der Waals surface area contributed by atoms with Crippen LogP contribution in [0, 0.1) is 11.8 Å². The zero-order valence-electron chi connectivity index (χ0n) is 24.7. The van der Waals surface area contributed by atoms with Crippen LogP contribution in [0.25, 0.3) is 83.0 Å². The number of fused-ring (bicyclic) bond motifs is 6. The number of benzene rings is 6. The minimum Gasteiger partial charge on any atom is -0.456 e. The molecule has 0 bridgehead atoms. The largest absolute Gasteiger partial charge is 0.456 e. The molecule has 0 unspecified atom stereocenters. The van der Waals surface area contributed by atoms with Crippen molar-refractivity contribution in [3.63, 3.8) is 0 Å². The van der Waals surface area contributed by atoms with Gasteiger partial charge < -0.3 is 4.42 Å². The van der Waals surface area contributed by atoms with Crippen LogP contribution in [-0.2, 0) is 0 Å². The molecule has 1 aliphatic rings. The highest BCUT2D eigenvalue weighted by Gasteiger charge is 2.19. The Kier molecular flexibility index (Phi) is 6.07. The lowest BCUT2D eigenvalue weighted by Crippen LogP contribution is -2.02. The molecular formula is C42H25N3O. The van der Waals surface area contributed by atoms with Crippen LogP contribution in [-0.4, -0.2) is 15.0 Å². The van der Waals surface area contributed by atoms with E-state index in [0.29, 0.717) is 23.9 Å². The first-order valence-electron chi connectivity index (χ1n) is 15.3. The fourth-order valence-electron chi connectivity index (χ4n) is 6.33. The lowest BCUT2D eigenvalue weighted by atomic mass is 9.96. The van der Waals surface area contributed by atoms with Crippen LogP contribution in [0.2, 0.25) is 0 Å². The van der Waals surface area contributed by atoms with E-state index in [1.54, 1.807) is 0 Å². The van der Waals surface area contributed by atoms with Crippen molar-refractivity contribution in [2.24, 2.45) is 0 Å². The van der Waals surface area contributed by atoms with Gasteiger partial charge in [-0.2, -0.15) is 0 Å². The van der Waals surface area contributed by atoms with Crippen LogP contribution in [0.5, 0.6) is 0 Å². The fourth-order valence-corrected chi connectivity index (χ4v) is 6.33. The number of allylic oxidation sites excluding steroid dienone is 4. The topological polar surface area (TPSA) is 51.8 Å². The number of aromatic nitrogens is 3. The number of nitrogens with zero attached hydrogens (tertiary/aromatic N) is 3. The zero-order valence-corrected chi connectivity index (χ0v) is 24.7. The van der Waals surface area contributed by atoms with E-state index in [0.717, 1.165) is 49.8 Å². The molecule has 0 aliphatic heterocycles. The Morgan fingerprint density at radius 2 is 1.33 bits per heavy atom. The zero-order chi connectivity index (χ0) is 30.5. The quantitative estimate of drug-likeness (QED) is 0.152. The highest BCUT2D eigenvalue weighted by Crippen LogP contribution is 2.39. The number of rotatable bonds is 4. The fraction of sp³-hybridized carbons (Fsp3) is 0.0238. The molecule has 8 aromatic rings. The molecule has 214 valence electrons. The molecule has 2 heterocycles. The Labute approximate surface area is 265 Å². The van der Waals surface area contributed by atoms with Crippen molar-refractivity contribution in [3.05, 3.63) is 145 Å². The lowest BCUT2D eigenvalue weighted by Gasteiger charge is -2.09. The molecule has 1 aliphatic carbocycles. The molecule has 0 saturated carbocycles. The third kappa shape index (κ3) is 4.46.